The summed E-state index contributed by atoms with van der Waals surface area (Å²) in [5, 5.41) is 10.7. The van der Waals surface area contributed by atoms with Gasteiger partial charge in [0.05, 0.1) is 16.6 Å². The standard InChI is InChI=1S/C12H13F3N2O3/c1-16-3-2-10(7-16)20-11-5-8(12(13,14)15)4-9(6-11)17(18)19/h4-6,10H,2-3,7H2,1H3/t10-/m1/s1. The van der Waals surface area contributed by atoms with Gasteiger partial charge in [0.15, 0.2) is 0 Å². The van der Waals surface area contributed by atoms with E-state index < -0.39 is 22.4 Å². The molecule has 1 saturated heterocycles. The molecule has 0 spiro atoms. The van der Waals surface area contributed by atoms with E-state index in [1.807, 2.05) is 11.9 Å². The highest BCUT2D eigenvalue weighted by Gasteiger charge is 2.33. The molecule has 1 heterocycles. The zero-order chi connectivity index (χ0) is 14.9. The highest BCUT2D eigenvalue weighted by molar-refractivity contribution is 5.44. The summed E-state index contributed by atoms with van der Waals surface area (Å²) in [5.41, 5.74) is -1.70. The molecule has 1 aromatic rings. The van der Waals surface area contributed by atoms with Crippen LogP contribution in [0.5, 0.6) is 5.75 Å². The second kappa shape index (κ2) is 5.28. The van der Waals surface area contributed by atoms with Gasteiger partial charge >= 0.3 is 6.18 Å². The summed E-state index contributed by atoms with van der Waals surface area (Å²) < 4.78 is 43.5. The number of nitro benzene ring substituents is 1. The Hall–Kier alpha value is -1.83. The number of nitro groups is 1. The highest BCUT2D eigenvalue weighted by Crippen LogP contribution is 2.35. The molecule has 0 aromatic heterocycles. The van der Waals surface area contributed by atoms with Gasteiger partial charge in [0.1, 0.15) is 11.9 Å². The molecule has 0 N–H and O–H groups in total. The third kappa shape index (κ3) is 3.38. The molecule has 0 radical (unpaired) electrons. The summed E-state index contributed by atoms with van der Waals surface area (Å²) in [5.74, 6) is -0.119. The molecule has 2 rings (SSSR count). The summed E-state index contributed by atoms with van der Waals surface area (Å²) in [7, 11) is 1.87. The number of hydrogen-bond acceptors (Lipinski definition) is 4. The van der Waals surface area contributed by atoms with Crippen molar-refractivity contribution in [1.82, 2.24) is 4.90 Å². The van der Waals surface area contributed by atoms with E-state index in [1.165, 1.54) is 0 Å². The van der Waals surface area contributed by atoms with Crippen LogP contribution >= 0.6 is 0 Å². The Labute approximate surface area is 113 Å². The molecule has 0 bridgehead atoms. The first-order chi connectivity index (χ1) is 9.25. The Balaban J connectivity index is 2.27. The van der Waals surface area contributed by atoms with E-state index in [0.717, 1.165) is 18.7 Å². The minimum atomic E-state index is -4.64. The van der Waals surface area contributed by atoms with E-state index in [2.05, 4.69) is 0 Å². The Morgan fingerprint density at radius 3 is 2.60 bits per heavy atom. The quantitative estimate of drug-likeness (QED) is 0.634. The lowest BCUT2D eigenvalue weighted by Gasteiger charge is -2.15. The largest absolute Gasteiger partial charge is 0.489 e. The lowest BCUT2D eigenvalue weighted by molar-refractivity contribution is -0.385. The van der Waals surface area contributed by atoms with Crippen molar-refractivity contribution >= 4 is 5.69 Å². The third-order valence-electron chi connectivity index (χ3n) is 3.08. The van der Waals surface area contributed by atoms with E-state index >= 15 is 0 Å². The Bertz CT molecular complexity index is 519. The molecular formula is C12H13F3N2O3. The SMILES string of the molecule is CN1CC[C@@H](Oc2cc([N+](=O)[O-])cc(C(F)(F)F)c2)C1. The molecule has 0 unspecified atom stereocenters. The van der Waals surface area contributed by atoms with Crippen LogP contribution in [0.4, 0.5) is 18.9 Å². The molecule has 1 aromatic carbocycles. The number of non-ortho nitro benzene ring substituents is 1. The van der Waals surface area contributed by atoms with Gasteiger partial charge in [0, 0.05) is 19.2 Å². The van der Waals surface area contributed by atoms with Crippen molar-refractivity contribution in [3.8, 4) is 5.75 Å². The fourth-order valence-corrected chi connectivity index (χ4v) is 2.10. The number of alkyl halides is 3. The number of likely N-dealkylation sites (tertiary alicyclic amines) is 1. The van der Waals surface area contributed by atoms with Crippen molar-refractivity contribution in [1.29, 1.82) is 0 Å². The van der Waals surface area contributed by atoms with Gasteiger partial charge in [-0.3, -0.25) is 10.1 Å². The second-order valence-corrected chi connectivity index (χ2v) is 4.76. The number of benzene rings is 1. The van der Waals surface area contributed by atoms with E-state index in [4.69, 9.17) is 4.74 Å². The van der Waals surface area contributed by atoms with Gasteiger partial charge in [-0.05, 0) is 19.5 Å². The van der Waals surface area contributed by atoms with Crippen LogP contribution < -0.4 is 4.74 Å². The van der Waals surface area contributed by atoms with Crippen molar-refractivity contribution < 1.29 is 22.8 Å². The van der Waals surface area contributed by atoms with Crippen molar-refractivity contribution in [2.24, 2.45) is 0 Å². The lowest BCUT2D eigenvalue weighted by atomic mass is 10.2. The Kier molecular flexibility index (Phi) is 3.85. The van der Waals surface area contributed by atoms with E-state index in [0.29, 0.717) is 19.0 Å². The van der Waals surface area contributed by atoms with Gasteiger partial charge in [-0.2, -0.15) is 13.2 Å². The van der Waals surface area contributed by atoms with Gasteiger partial charge in [-0.1, -0.05) is 0 Å². The zero-order valence-electron chi connectivity index (χ0n) is 10.7. The van der Waals surface area contributed by atoms with Crippen LogP contribution in [0.3, 0.4) is 0 Å². The minimum Gasteiger partial charge on any atom is -0.489 e. The molecule has 0 saturated carbocycles. The van der Waals surface area contributed by atoms with Gasteiger partial charge in [-0.25, -0.2) is 0 Å². The Morgan fingerprint density at radius 1 is 1.40 bits per heavy atom. The zero-order valence-corrected chi connectivity index (χ0v) is 10.7. The number of rotatable bonds is 3. The molecule has 1 aliphatic heterocycles. The monoisotopic (exact) mass is 290 g/mol. The first kappa shape index (κ1) is 14.6. The van der Waals surface area contributed by atoms with Crippen LogP contribution in [0.1, 0.15) is 12.0 Å². The molecule has 20 heavy (non-hydrogen) atoms. The van der Waals surface area contributed by atoms with Crippen LogP contribution in [-0.4, -0.2) is 36.1 Å². The lowest BCUT2D eigenvalue weighted by Crippen LogP contribution is -2.21. The third-order valence-corrected chi connectivity index (χ3v) is 3.08. The molecule has 0 aliphatic carbocycles. The van der Waals surface area contributed by atoms with Crippen molar-refractivity contribution in [3.05, 3.63) is 33.9 Å². The fraction of sp³-hybridized carbons (Fsp3) is 0.500. The Morgan fingerprint density at radius 2 is 2.10 bits per heavy atom. The first-order valence-corrected chi connectivity index (χ1v) is 5.97. The minimum absolute atomic E-state index is 0.119. The number of halogens is 3. The number of likely N-dealkylation sites (N-methyl/N-ethyl adjacent to an activating group) is 1. The highest BCUT2D eigenvalue weighted by atomic mass is 19.4. The maximum atomic E-state index is 12.7. The second-order valence-electron chi connectivity index (χ2n) is 4.76. The molecule has 5 nitrogen and oxygen atoms in total. The molecule has 8 heteroatoms. The van der Waals surface area contributed by atoms with Crippen LogP contribution in [0, 0.1) is 10.1 Å². The molecular weight excluding hydrogens is 277 g/mol. The summed E-state index contributed by atoms with van der Waals surface area (Å²) in [4.78, 5) is 11.8. The van der Waals surface area contributed by atoms with Gasteiger partial charge in [-0.15, -0.1) is 0 Å². The number of ether oxygens (including phenoxy) is 1. The predicted molar refractivity (Wildman–Crippen MR) is 64.6 cm³/mol. The van der Waals surface area contributed by atoms with Crippen molar-refractivity contribution in [2.45, 2.75) is 18.7 Å². The summed E-state index contributed by atoms with van der Waals surface area (Å²) in [6, 6.07) is 2.33. The summed E-state index contributed by atoms with van der Waals surface area (Å²) in [6.07, 6.45) is -4.21. The van der Waals surface area contributed by atoms with Crippen LogP contribution in [-0.2, 0) is 6.18 Å². The molecule has 1 fully saturated rings. The normalized spacial score (nSPS) is 20.1. The van der Waals surface area contributed by atoms with Crippen molar-refractivity contribution in [2.75, 3.05) is 20.1 Å². The molecule has 1 atom stereocenters. The predicted octanol–water partition coefficient (Wildman–Crippen LogP) is 2.70. The smallest absolute Gasteiger partial charge is 0.416 e. The first-order valence-electron chi connectivity index (χ1n) is 5.97. The molecule has 1 aliphatic rings. The average Bonchev–Trinajstić information content (AvgIpc) is 2.73. The fourth-order valence-electron chi connectivity index (χ4n) is 2.10. The van der Waals surface area contributed by atoms with Crippen LogP contribution in [0.15, 0.2) is 18.2 Å². The van der Waals surface area contributed by atoms with E-state index in [-0.39, 0.29) is 11.9 Å². The average molecular weight is 290 g/mol. The molecule has 110 valence electrons. The summed E-state index contributed by atoms with van der Waals surface area (Å²) in [6.45, 7) is 1.37. The van der Waals surface area contributed by atoms with Gasteiger partial charge < -0.3 is 9.64 Å². The maximum Gasteiger partial charge on any atom is 0.416 e. The number of nitrogens with zero attached hydrogens (tertiary/aromatic N) is 2. The van der Waals surface area contributed by atoms with Gasteiger partial charge in [0.2, 0.25) is 0 Å². The van der Waals surface area contributed by atoms with E-state index in [9.17, 15) is 23.3 Å². The summed E-state index contributed by atoms with van der Waals surface area (Å²) >= 11 is 0. The van der Waals surface area contributed by atoms with E-state index in [1.54, 1.807) is 0 Å². The van der Waals surface area contributed by atoms with Gasteiger partial charge in [0.25, 0.3) is 5.69 Å². The molecule has 0 amide bonds. The van der Waals surface area contributed by atoms with Crippen LogP contribution in [0.2, 0.25) is 0 Å². The topological polar surface area (TPSA) is 55.6 Å². The van der Waals surface area contributed by atoms with Crippen molar-refractivity contribution in [3.63, 3.8) is 0 Å². The van der Waals surface area contributed by atoms with Crippen LogP contribution in [0.25, 0.3) is 0 Å². The maximum absolute atomic E-state index is 12.7. The number of hydrogen-bond donors (Lipinski definition) is 0.